The van der Waals surface area contributed by atoms with Crippen molar-refractivity contribution in [1.29, 1.82) is 0 Å². The number of ether oxygens (including phenoxy) is 1. The Balaban J connectivity index is 1.91. The molecule has 0 aliphatic rings. The monoisotopic (exact) mass is 274 g/mol. The molecule has 0 aliphatic heterocycles. The molecule has 0 radical (unpaired) electrons. The largest absolute Gasteiger partial charge is 0.489 e. The second-order valence-electron chi connectivity index (χ2n) is 5.25. The van der Waals surface area contributed by atoms with Gasteiger partial charge in [0.1, 0.15) is 18.1 Å². The molecule has 0 saturated heterocycles. The summed E-state index contributed by atoms with van der Waals surface area (Å²) < 4.78 is 10.9. The average Bonchev–Trinajstić information content (AvgIpc) is 2.75. The number of benzene rings is 1. The van der Waals surface area contributed by atoms with Gasteiger partial charge in [-0.05, 0) is 51.3 Å². The highest BCUT2D eigenvalue weighted by atomic mass is 16.5. The lowest BCUT2D eigenvalue weighted by atomic mass is 10.1. The van der Waals surface area contributed by atoms with Crippen molar-refractivity contribution in [2.45, 2.75) is 46.3 Å². The molecule has 20 heavy (non-hydrogen) atoms. The molecule has 108 valence electrons. The molecule has 0 fully saturated rings. The Morgan fingerprint density at radius 2 is 1.95 bits per heavy atom. The lowest BCUT2D eigenvalue weighted by Crippen LogP contribution is -2.15. The Kier molecular flexibility index (Phi) is 4.79. The highest BCUT2D eigenvalue weighted by Gasteiger charge is 2.09. The number of hydrogen-bond donors (Lipinski definition) is 1. The van der Waals surface area contributed by atoms with Gasteiger partial charge in [0.05, 0.1) is 11.3 Å². The molecule has 4 nitrogen and oxygen atoms in total. The SMILES string of the molecule is Cc1noc(C)c1COc1ccc(CCC(C)N)cc1. The van der Waals surface area contributed by atoms with Crippen LogP contribution in [0.3, 0.4) is 0 Å². The van der Waals surface area contributed by atoms with Gasteiger partial charge in [-0.3, -0.25) is 0 Å². The number of aryl methyl sites for hydroxylation is 3. The molecule has 0 saturated carbocycles. The van der Waals surface area contributed by atoms with Crippen LogP contribution in [0.4, 0.5) is 0 Å². The molecule has 1 aromatic heterocycles. The predicted molar refractivity (Wildman–Crippen MR) is 78.7 cm³/mol. The van der Waals surface area contributed by atoms with Gasteiger partial charge in [-0.2, -0.15) is 0 Å². The fourth-order valence-electron chi connectivity index (χ4n) is 2.01. The van der Waals surface area contributed by atoms with Gasteiger partial charge in [0, 0.05) is 6.04 Å². The van der Waals surface area contributed by atoms with E-state index in [9.17, 15) is 0 Å². The van der Waals surface area contributed by atoms with E-state index in [4.69, 9.17) is 15.0 Å². The van der Waals surface area contributed by atoms with Crippen LogP contribution in [0, 0.1) is 13.8 Å². The summed E-state index contributed by atoms with van der Waals surface area (Å²) in [6, 6.07) is 8.41. The molecular weight excluding hydrogens is 252 g/mol. The highest BCUT2D eigenvalue weighted by Crippen LogP contribution is 2.18. The summed E-state index contributed by atoms with van der Waals surface area (Å²) in [6.07, 6.45) is 2.00. The standard InChI is InChI=1S/C16H22N2O2/c1-11(17)4-5-14-6-8-15(9-7-14)19-10-16-12(2)18-20-13(16)3/h6-9,11H,4-5,10,17H2,1-3H3. The van der Waals surface area contributed by atoms with Gasteiger partial charge in [-0.1, -0.05) is 17.3 Å². The van der Waals surface area contributed by atoms with Crippen molar-refractivity contribution in [2.24, 2.45) is 5.73 Å². The Labute approximate surface area is 119 Å². The summed E-state index contributed by atoms with van der Waals surface area (Å²) in [4.78, 5) is 0. The van der Waals surface area contributed by atoms with E-state index >= 15 is 0 Å². The first-order valence-corrected chi connectivity index (χ1v) is 6.95. The number of nitrogens with zero attached hydrogens (tertiary/aromatic N) is 1. The molecule has 1 aromatic carbocycles. The first-order valence-electron chi connectivity index (χ1n) is 6.95. The van der Waals surface area contributed by atoms with Crippen molar-refractivity contribution in [1.82, 2.24) is 5.16 Å². The van der Waals surface area contributed by atoms with Crippen molar-refractivity contribution in [2.75, 3.05) is 0 Å². The minimum Gasteiger partial charge on any atom is -0.489 e. The predicted octanol–water partition coefficient (Wildman–Crippen LogP) is 3.15. The van der Waals surface area contributed by atoms with Crippen LogP contribution in [0.1, 0.15) is 35.9 Å². The second-order valence-corrected chi connectivity index (χ2v) is 5.25. The lowest BCUT2D eigenvalue weighted by molar-refractivity contribution is 0.301. The third-order valence-corrected chi connectivity index (χ3v) is 3.38. The van der Waals surface area contributed by atoms with Gasteiger partial charge in [-0.25, -0.2) is 0 Å². The molecule has 1 atom stereocenters. The van der Waals surface area contributed by atoms with Crippen LogP contribution in [0.5, 0.6) is 5.75 Å². The van der Waals surface area contributed by atoms with Crippen LogP contribution < -0.4 is 10.5 Å². The van der Waals surface area contributed by atoms with Gasteiger partial charge >= 0.3 is 0 Å². The number of hydrogen-bond acceptors (Lipinski definition) is 4. The molecular formula is C16H22N2O2. The van der Waals surface area contributed by atoms with Crippen LogP contribution in [0.15, 0.2) is 28.8 Å². The zero-order valence-electron chi connectivity index (χ0n) is 12.3. The summed E-state index contributed by atoms with van der Waals surface area (Å²) in [7, 11) is 0. The third kappa shape index (κ3) is 3.84. The highest BCUT2D eigenvalue weighted by molar-refractivity contribution is 5.28. The molecule has 0 bridgehead atoms. The van der Waals surface area contributed by atoms with Crippen LogP contribution >= 0.6 is 0 Å². The van der Waals surface area contributed by atoms with E-state index in [1.54, 1.807) is 0 Å². The zero-order valence-corrected chi connectivity index (χ0v) is 12.3. The lowest BCUT2D eigenvalue weighted by Gasteiger charge is -2.08. The Hall–Kier alpha value is -1.81. The quantitative estimate of drug-likeness (QED) is 0.879. The maximum atomic E-state index is 5.77. The molecule has 1 unspecified atom stereocenters. The van der Waals surface area contributed by atoms with E-state index in [1.807, 2.05) is 32.9 Å². The third-order valence-electron chi connectivity index (χ3n) is 3.38. The number of aromatic nitrogens is 1. The normalized spacial score (nSPS) is 12.4. The van der Waals surface area contributed by atoms with E-state index in [-0.39, 0.29) is 6.04 Å². The fourth-order valence-corrected chi connectivity index (χ4v) is 2.01. The smallest absolute Gasteiger partial charge is 0.140 e. The molecule has 1 heterocycles. The van der Waals surface area contributed by atoms with E-state index in [2.05, 4.69) is 17.3 Å². The minimum absolute atomic E-state index is 0.241. The number of rotatable bonds is 6. The van der Waals surface area contributed by atoms with Crippen molar-refractivity contribution in [3.05, 3.63) is 46.8 Å². The Morgan fingerprint density at radius 3 is 2.50 bits per heavy atom. The molecule has 0 amide bonds. The summed E-state index contributed by atoms with van der Waals surface area (Å²) in [5.74, 6) is 1.67. The zero-order chi connectivity index (χ0) is 14.5. The molecule has 0 spiro atoms. The van der Waals surface area contributed by atoms with Gasteiger partial charge in [0.2, 0.25) is 0 Å². The van der Waals surface area contributed by atoms with Crippen LogP contribution in [-0.2, 0) is 13.0 Å². The topological polar surface area (TPSA) is 61.3 Å². The maximum Gasteiger partial charge on any atom is 0.140 e. The number of nitrogens with two attached hydrogens (primary N) is 1. The average molecular weight is 274 g/mol. The maximum absolute atomic E-state index is 5.77. The van der Waals surface area contributed by atoms with Gasteiger partial charge in [0.25, 0.3) is 0 Å². The minimum atomic E-state index is 0.241. The first kappa shape index (κ1) is 14.6. The Bertz CT molecular complexity index is 525. The van der Waals surface area contributed by atoms with Gasteiger partial charge in [-0.15, -0.1) is 0 Å². The van der Waals surface area contributed by atoms with E-state index in [0.717, 1.165) is 35.6 Å². The van der Waals surface area contributed by atoms with E-state index in [1.165, 1.54) is 5.56 Å². The van der Waals surface area contributed by atoms with E-state index < -0.39 is 0 Å². The van der Waals surface area contributed by atoms with Crippen LogP contribution in [0.2, 0.25) is 0 Å². The van der Waals surface area contributed by atoms with Crippen LogP contribution in [0.25, 0.3) is 0 Å². The molecule has 2 rings (SSSR count). The first-order chi connectivity index (χ1) is 9.56. The summed E-state index contributed by atoms with van der Waals surface area (Å²) in [5, 5.41) is 3.92. The molecule has 0 aliphatic carbocycles. The van der Waals surface area contributed by atoms with Crippen molar-refractivity contribution in [3.8, 4) is 5.75 Å². The summed E-state index contributed by atoms with van der Waals surface area (Å²) in [6.45, 7) is 6.34. The van der Waals surface area contributed by atoms with Crippen molar-refractivity contribution < 1.29 is 9.26 Å². The van der Waals surface area contributed by atoms with Crippen LogP contribution in [-0.4, -0.2) is 11.2 Å². The van der Waals surface area contributed by atoms with Gasteiger partial charge < -0.3 is 15.0 Å². The molecule has 2 N–H and O–H groups in total. The molecule has 2 aromatic rings. The fraction of sp³-hybridized carbons (Fsp3) is 0.438. The molecule has 4 heteroatoms. The summed E-state index contributed by atoms with van der Waals surface area (Å²) in [5.41, 5.74) is 8.95. The van der Waals surface area contributed by atoms with Gasteiger partial charge in [0.15, 0.2) is 0 Å². The van der Waals surface area contributed by atoms with Crippen molar-refractivity contribution in [3.63, 3.8) is 0 Å². The Morgan fingerprint density at radius 1 is 1.25 bits per heavy atom. The van der Waals surface area contributed by atoms with E-state index in [0.29, 0.717) is 6.61 Å². The summed E-state index contributed by atoms with van der Waals surface area (Å²) >= 11 is 0. The second kappa shape index (κ2) is 6.57. The van der Waals surface area contributed by atoms with Crippen molar-refractivity contribution >= 4 is 0 Å².